The van der Waals surface area contributed by atoms with Crippen LogP contribution < -0.4 is 14.4 Å². The number of hydrogen-bond donors (Lipinski definition) is 1. The number of anilines is 2. The summed E-state index contributed by atoms with van der Waals surface area (Å²) in [6.07, 6.45) is 0.826. The van der Waals surface area contributed by atoms with E-state index in [1.807, 2.05) is 19.1 Å². The minimum absolute atomic E-state index is 0.189. The van der Waals surface area contributed by atoms with Crippen LogP contribution in [0.2, 0.25) is 0 Å². The number of nitrogens with one attached hydrogen (secondary N) is 1. The van der Waals surface area contributed by atoms with Crippen molar-refractivity contribution >= 4 is 27.3 Å². The monoisotopic (exact) mass is 374 g/mol. The zero-order chi connectivity index (χ0) is 18.9. The third kappa shape index (κ3) is 3.53. The van der Waals surface area contributed by atoms with E-state index in [0.29, 0.717) is 23.7 Å². The van der Waals surface area contributed by atoms with Gasteiger partial charge in [-0.25, -0.2) is 8.42 Å². The molecular weight excluding hydrogens is 352 g/mol. The van der Waals surface area contributed by atoms with Gasteiger partial charge in [-0.15, -0.1) is 0 Å². The van der Waals surface area contributed by atoms with Gasteiger partial charge in [0.05, 0.1) is 17.7 Å². The van der Waals surface area contributed by atoms with Crippen LogP contribution in [-0.4, -0.2) is 28.0 Å². The second-order valence-corrected chi connectivity index (χ2v) is 8.41. The Morgan fingerprint density at radius 2 is 1.88 bits per heavy atom. The molecule has 1 amide bonds. The topological polar surface area (TPSA) is 75.7 Å². The molecule has 7 heteroatoms. The van der Waals surface area contributed by atoms with Gasteiger partial charge in [-0.05, 0) is 48.2 Å². The maximum absolute atomic E-state index is 13.2. The zero-order valence-corrected chi connectivity index (χ0v) is 15.8. The number of fused-ring (bicyclic) bond motifs is 1. The Labute approximate surface area is 153 Å². The second kappa shape index (κ2) is 6.99. The lowest BCUT2D eigenvalue weighted by atomic mass is 9.95. The van der Waals surface area contributed by atoms with Gasteiger partial charge in [0.25, 0.3) is 10.0 Å². The van der Waals surface area contributed by atoms with E-state index in [4.69, 9.17) is 4.74 Å². The molecule has 2 aromatic carbocycles. The van der Waals surface area contributed by atoms with E-state index < -0.39 is 10.0 Å². The van der Waals surface area contributed by atoms with Gasteiger partial charge in [-0.1, -0.05) is 13.0 Å². The number of carbonyl (C=O) groups excluding carboxylic acids is 1. The van der Waals surface area contributed by atoms with Crippen LogP contribution in [0, 0.1) is 5.92 Å². The Morgan fingerprint density at radius 1 is 1.19 bits per heavy atom. The van der Waals surface area contributed by atoms with Crippen molar-refractivity contribution in [2.45, 2.75) is 25.2 Å². The molecule has 26 heavy (non-hydrogen) atoms. The highest BCUT2D eigenvalue weighted by Crippen LogP contribution is 2.36. The molecule has 1 atom stereocenters. The normalized spacial score (nSPS) is 16.7. The predicted molar refractivity (Wildman–Crippen MR) is 101 cm³/mol. The van der Waals surface area contributed by atoms with E-state index in [2.05, 4.69) is 5.32 Å². The van der Waals surface area contributed by atoms with Crippen LogP contribution in [0.1, 0.15) is 19.4 Å². The number of hydrogen-bond acceptors (Lipinski definition) is 4. The van der Waals surface area contributed by atoms with Crippen molar-refractivity contribution in [2.24, 2.45) is 5.92 Å². The maximum Gasteiger partial charge on any atom is 0.264 e. The summed E-state index contributed by atoms with van der Waals surface area (Å²) in [6.45, 7) is 3.86. The number of methoxy groups -OCH3 is 1. The molecule has 0 saturated heterocycles. The number of benzene rings is 2. The summed E-state index contributed by atoms with van der Waals surface area (Å²) in [7, 11) is -2.15. The van der Waals surface area contributed by atoms with Gasteiger partial charge in [0.1, 0.15) is 5.75 Å². The fraction of sp³-hybridized carbons (Fsp3) is 0.316. The number of carbonyl (C=O) groups is 1. The number of ether oxygens (including phenoxy) is 1. The molecule has 0 aromatic heterocycles. The molecule has 0 aliphatic carbocycles. The molecule has 1 N–H and O–H groups in total. The fourth-order valence-electron chi connectivity index (χ4n) is 3.17. The molecule has 1 aliphatic heterocycles. The molecule has 138 valence electrons. The summed E-state index contributed by atoms with van der Waals surface area (Å²) in [5.74, 6) is 0.635. The molecule has 3 rings (SSSR count). The number of sulfonamides is 1. The second-order valence-electron chi connectivity index (χ2n) is 6.55. The molecule has 0 radical (unpaired) electrons. The molecule has 1 heterocycles. The lowest BCUT2D eigenvalue weighted by Gasteiger charge is -2.34. The van der Waals surface area contributed by atoms with Crippen molar-refractivity contribution in [2.75, 3.05) is 23.3 Å². The first kappa shape index (κ1) is 18.3. The maximum atomic E-state index is 13.2. The van der Waals surface area contributed by atoms with Crippen molar-refractivity contribution in [3.8, 4) is 5.75 Å². The van der Waals surface area contributed by atoms with Crippen molar-refractivity contribution < 1.29 is 17.9 Å². The number of rotatable bonds is 4. The van der Waals surface area contributed by atoms with Crippen LogP contribution in [0.15, 0.2) is 47.4 Å². The SMILES string of the molecule is COc1ccc2c(c1)N(S(=O)(=O)c1ccc(NC(C)=O)cc1)CC(C)C2. The van der Waals surface area contributed by atoms with Crippen molar-refractivity contribution in [3.05, 3.63) is 48.0 Å². The average Bonchev–Trinajstić information content (AvgIpc) is 2.60. The predicted octanol–water partition coefficient (Wildman–Crippen LogP) is 3.04. The van der Waals surface area contributed by atoms with Crippen LogP contribution in [0.5, 0.6) is 5.75 Å². The lowest BCUT2D eigenvalue weighted by molar-refractivity contribution is -0.114. The summed E-state index contributed by atoms with van der Waals surface area (Å²) < 4.78 is 33.2. The van der Waals surface area contributed by atoms with Crippen molar-refractivity contribution in [1.29, 1.82) is 0 Å². The quantitative estimate of drug-likeness (QED) is 0.892. The Hall–Kier alpha value is -2.54. The van der Waals surface area contributed by atoms with Crippen LogP contribution in [0.4, 0.5) is 11.4 Å². The fourth-order valence-corrected chi connectivity index (χ4v) is 4.78. The Morgan fingerprint density at radius 3 is 2.50 bits per heavy atom. The summed E-state index contributed by atoms with van der Waals surface area (Å²) in [4.78, 5) is 11.3. The molecule has 0 spiro atoms. The van der Waals surface area contributed by atoms with Gasteiger partial charge in [-0.3, -0.25) is 9.10 Å². The Bertz CT molecular complexity index is 923. The van der Waals surface area contributed by atoms with Gasteiger partial charge in [0.2, 0.25) is 5.91 Å². The Balaban J connectivity index is 2.00. The molecule has 0 fully saturated rings. The standard InChI is InChI=1S/C19H22N2O4S/c1-13-10-15-4-7-17(25-3)11-19(15)21(12-13)26(23,24)18-8-5-16(6-9-18)20-14(2)22/h4-9,11,13H,10,12H2,1-3H3,(H,20,22). The van der Waals surface area contributed by atoms with Crippen molar-refractivity contribution in [1.82, 2.24) is 0 Å². The third-order valence-electron chi connectivity index (χ3n) is 4.37. The summed E-state index contributed by atoms with van der Waals surface area (Å²) in [5, 5.41) is 2.64. The molecular formula is C19H22N2O4S. The molecule has 0 saturated carbocycles. The average molecular weight is 374 g/mol. The van der Waals surface area contributed by atoms with Gasteiger partial charge in [-0.2, -0.15) is 0 Å². The highest BCUT2D eigenvalue weighted by molar-refractivity contribution is 7.92. The molecule has 0 bridgehead atoms. The molecule has 2 aromatic rings. The summed E-state index contributed by atoms with van der Waals surface area (Å²) in [6, 6.07) is 11.8. The van der Waals surface area contributed by atoms with Crippen LogP contribution in [0.25, 0.3) is 0 Å². The van der Waals surface area contributed by atoms with Crippen LogP contribution in [-0.2, 0) is 21.2 Å². The largest absolute Gasteiger partial charge is 0.497 e. The minimum atomic E-state index is -3.71. The number of nitrogens with zero attached hydrogens (tertiary/aromatic N) is 1. The van der Waals surface area contributed by atoms with E-state index in [1.54, 1.807) is 25.3 Å². The van der Waals surface area contributed by atoms with Gasteiger partial charge >= 0.3 is 0 Å². The first-order valence-corrected chi connectivity index (χ1v) is 9.82. The van der Waals surface area contributed by atoms with Crippen LogP contribution >= 0.6 is 0 Å². The van der Waals surface area contributed by atoms with E-state index in [9.17, 15) is 13.2 Å². The van der Waals surface area contributed by atoms with Gasteiger partial charge in [0, 0.05) is 25.2 Å². The highest BCUT2D eigenvalue weighted by Gasteiger charge is 2.32. The van der Waals surface area contributed by atoms with E-state index in [1.165, 1.54) is 23.4 Å². The van der Waals surface area contributed by atoms with E-state index >= 15 is 0 Å². The number of amides is 1. The lowest BCUT2D eigenvalue weighted by Crippen LogP contribution is -2.39. The third-order valence-corrected chi connectivity index (χ3v) is 6.16. The zero-order valence-electron chi connectivity index (χ0n) is 15.0. The Kier molecular flexibility index (Phi) is 4.91. The van der Waals surface area contributed by atoms with E-state index in [0.717, 1.165) is 12.0 Å². The summed E-state index contributed by atoms with van der Waals surface area (Å²) in [5.41, 5.74) is 2.21. The minimum Gasteiger partial charge on any atom is -0.497 e. The first-order chi connectivity index (χ1) is 12.3. The van der Waals surface area contributed by atoms with Crippen LogP contribution in [0.3, 0.4) is 0 Å². The van der Waals surface area contributed by atoms with Gasteiger partial charge < -0.3 is 10.1 Å². The first-order valence-electron chi connectivity index (χ1n) is 8.38. The van der Waals surface area contributed by atoms with Crippen molar-refractivity contribution in [3.63, 3.8) is 0 Å². The smallest absolute Gasteiger partial charge is 0.264 e. The van der Waals surface area contributed by atoms with E-state index in [-0.39, 0.29) is 16.7 Å². The summed E-state index contributed by atoms with van der Waals surface area (Å²) >= 11 is 0. The highest BCUT2D eigenvalue weighted by atomic mass is 32.2. The molecule has 1 aliphatic rings. The molecule has 1 unspecified atom stereocenters. The molecule has 6 nitrogen and oxygen atoms in total. The van der Waals surface area contributed by atoms with Gasteiger partial charge in [0.15, 0.2) is 0 Å².